The number of carbonyl (C=O) groups excluding carboxylic acids is 1. The maximum atomic E-state index is 10.8. The van der Waals surface area contributed by atoms with E-state index in [-0.39, 0.29) is 12.2 Å². The van der Waals surface area contributed by atoms with Crippen LogP contribution in [-0.2, 0) is 4.74 Å². The first kappa shape index (κ1) is 11.8. The Labute approximate surface area is 101 Å². The summed E-state index contributed by atoms with van der Waals surface area (Å²) < 4.78 is 10.7. The first-order valence-corrected chi connectivity index (χ1v) is 5.79. The van der Waals surface area contributed by atoms with E-state index < -0.39 is 0 Å². The number of nitrogens with one attached hydrogen (secondary N) is 1. The zero-order chi connectivity index (χ0) is 12.3. The number of ether oxygens (including phenoxy) is 2. The summed E-state index contributed by atoms with van der Waals surface area (Å²) in [5.41, 5.74) is 2.38. The van der Waals surface area contributed by atoms with Crippen LogP contribution in [0.25, 0.3) is 0 Å². The highest BCUT2D eigenvalue weighted by molar-refractivity contribution is 5.69. The molecule has 1 atom stereocenters. The minimum Gasteiger partial charge on any atom is -0.493 e. The third kappa shape index (κ3) is 3.37. The van der Waals surface area contributed by atoms with Crippen molar-refractivity contribution in [1.29, 1.82) is 0 Å². The Hall–Kier alpha value is -1.71. The van der Waals surface area contributed by atoms with Crippen LogP contribution in [0.15, 0.2) is 18.2 Å². The van der Waals surface area contributed by atoms with Crippen molar-refractivity contribution in [2.75, 3.05) is 13.2 Å². The SMILES string of the molecule is Cc1cc(C)cc(OCC[C@@H]2CNC(=O)O2)c1. The Kier molecular flexibility index (Phi) is 3.52. The van der Waals surface area contributed by atoms with Gasteiger partial charge in [0.2, 0.25) is 0 Å². The zero-order valence-electron chi connectivity index (χ0n) is 10.2. The van der Waals surface area contributed by atoms with Crippen molar-refractivity contribution in [2.24, 2.45) is 0 Å². The van der Waals surface area contributed by atoms with Gasteiger partial charge in [-0.15, -0.1) is 0 Å². The molecule has 0 spiro atoms. The number of benzene rings is 1. The summed E-state index contributed by atoms with van der Waals surface area (Å²) in [5.74, 6) is 0.875. The molecule has 0 aliphatic carbocycles. The van der Waals surface area contributed by atoms with E-state index in [9.17, 15) is 4.79 Å². The second-order valence-electron chi connectivity index (χ2n) is 4.37. The van der Waals surface area contributed by atoms with Crippen LogP contribution in [-0.4, -0.2) is 25.3 Å². The fourth-order valence-corrected chi connectivity index (χ4v) is 1.92. The number of amides is 1. The molecule has 4 nitrogen and oxygen atoms in total. The molecule has 1 fully saturated rings. The highest BCUT2D eigenvalue weighted by Crippen LogP contribution is 2.17. The standard InChI is InChI=1S/C13H17NO3/c1-9-5-10(2)7-12(6-9)16-4-3-11-8-14-13(15)17-11/h5-7,11H,3-4,8H2,1-2H3,(H,14,15)/t11-/m1/s1. The molecule has 1 aliphatic rings. The average molecular weight is 235 g/mol. The lowest BCUT2D eigenvalue weighted by Gasteiger charge is -2.10. The van der Waals surface area contributed by atoms with Crippen LogP contribution < -0.4 is 10.1 Å². The van der Waals surface area contributed by atoms with Crippen molar-refractivity contribution >= 4 is 6.09 Å². The van der Waals surface area contributed by atoms with E-state index >= 15 is 0 Å². The fraction of sp³-hybridized carbons (Fsp3) is 0.462. The second kappa shape index (κ2) is 5.08. The van der Waals surface area contributed by atoms with Gasteiger partial charge in [-0.3, -0.25) is 0 Å². The Bertz CT molecular complexity index is 397. The smallest absolute Gasteiger partial charge is 0.407 e. The van der Waals surface area contributed by atoms with Gasteiger partial charge in [0.1, 0.15) is 11.9 Å². The lowest BCUT2D eigenvalue weighted by Crippen LogP contribution is -2.17. The highest BCUT2D eigenvalue weighted by atomic mass is 16.6. The molecule has 0 unspecified atom stereocenters. The Balaban J connectivity index is 1.79. The largest absolute Gasteiger partial charge is 0.493 e. The first-order chi connectivity index (χ1) is 8.13. The summed E-state index contributed by atoms with van der Waals surface area (Å²) in [6.07, 6.45) is 0.320. The number of hydrogen-bond acceptors (Lipinski definition) is 3. The van der Waals surface area contributed by atoms with Crippen LogP contribution in [0, 0.1) is 13.8 Å². The topological polar surface area (TPSA) is 47.6 Å². The molecule has 1 amide bonds. The second-order valence-corrected chi connectivity index (χ2v) is 4.37. The van der Waals surface area contributed by atoms with Crippen LogP contribution >= 0.6 is 0 Å². The van der Waals surface area contributed by atoms with Crippen LogP contribution in [0.1, 0.15) is 17.5 Å². The van der Waals surface area contributed by atoms with Crippen LogP contribution in [0.4, 0.5) is 4.79 Å². The average Bonchev–Trinajstić information content (AvgIpc) is 2.63. The molecule has 0 bridgehead atoms. The van der Waals surface area contributed by atoms with E-state index in [2.05, 4.69) is 11.4 Å². The van der Waals surface area contributed by atoms with E-state index in [1.54, 1.807) is 0 Å². The molecular weight excluding hydrogens is 218 g/mol. The summed E-state index contributed by atoms with van der Waals surface area (Å²) in [6.45, 7) is 5.22. The molecule has 4 heteroatoms. The van der Waals surface area contributed by atoms with Crippen molar-refractivity contribution in [1.82, 2.24) is 5.32 Å². The van der Waals surface area contributed by atoms with E-state index in [4.69, 9.17) is 9.47 Å². The zero-order valence-corrected chi connectivity index (χ0v) is 10.2. The molecule has 1 saturated heterocycles. The summed E-state index contributed by atoms with van der Waals surface area (Å²) in [6, 6.07) is 6.12. The maximum Gasteiger partial charge on any atom is 0.407 e. The third-order valence-corrected chi connectivity index (χ3v) is 2.65. The summed E-state index contributed by atoms with van der Waals surface area (Å²) in [7, 11) is 0. The third-order valence-electron chi connectivity index (χ3n) is 2.65. The Morgan fingerprint density at radius 1 is 1.35 bits per heavy atom. The maximum absolute atomic E-state index is 10.8. The minimum atomic E-state index is -0.332. The molecule has 1 aliphatic heterocycles. The van der Waals surface area contributed by atoms with Gasteiger partial charge in [0.05, 0.1) is 13.2 Å². The molecule has 1 aromatic carbocycles. The van der Waals surface area contributed by atoms with Gasteiger partial charge >= 0.3 is 6.09 Å². The molecule has 1 N–H and O–H groups in total. The predicted octanol–water partition coefficient (Wildman–Crippen LogP) is 2.18. The van der Waals surface area contributed by atoms with Crippen LogP contribution in [0.2, 0.25) is 0 Å². The highest BCUT2D eigenvalue weighted by Gasteiger charge is 2.21. The molecule has 92 valence electrons. The molecule has 1 heterocycles. The van der Waals surface area contributed by atoms with E-state index in [1.165, 1.54) is 11.1 Å². The molecular formula is C13H17NO3. The van der Waals surface area contributed by atoms with Crippen molar-refractivity contribution in [3.8, 4) is 5.75 Å². The summed E-state index contributed by atoms with van der Waals surface area (Å²) in [4.78, 5) is 10.8. The van der Waals surface area contributed by atoms with Crippen molar-refractivity contribution in [3.05, 3.63) is 29.3 Å². The quantitative estimate of drug-likeness (QED) is 0.870. The monoisotopic (exact) mass is 235 g/mol. The van der Waals surface area contributed by atoms with E-state index in [0.717, 1.165) is 5.75 Å². The van der Waals surface area contributed by atoms with Gasteiger partial charge in [-0.2, -0.15) is 0 Å². The lowest BCUT2D eigenvalue weighted by molar-refractivity contribution is 0.124. The van der Waals surface area contributed by atoms with Gasteiger partial charge in [-0.25, -0.2) is 4.79 Å². The number of carbonyl (C=O) groups is 1. The molecule has 0 saturated carbocycles. The number of aryl methyl sites for hydroxylation is 2. The van der Waals surface area contributed by atoms with Gasteiger partial charge < -0.3 is 14.8 Å². The van der Waals surface area contributed by atoms with Gasteiger partial charge in [0, 0.05) is 6.42 Å². The van der Waals surface area contributed by atoms with E-state index in [0.29, 0.717) is 19.6 Å². The first-order valence-electron chi connectivity index (χ1n) is 5.79. The van der Waals surface area contributed by atoms with Gasteiger partial charge in [-0.05, 0) is 37.1 Å². The minimum absolute atomic E-state index is 0.0617. The predicted molar refractivity (Wildman–Crippen MR) is 64.3 cm³/mol. The fourth-order valence-electron chi connectivity index (χ4n) is 1.92. The summed E-state index contributed by atoms with van der Waals surface area (Å²) >= 11 is 0. The Morgan fingerprint density at radius 3 is 2.65 bits per heavy atom. The molecule has 0 radical (unpaired) electrons. The van der Waals surface area contributed by atoms with Crippen LogP contribution in [0.5, 0.6) is 5.75 Å². The summed E-state index contributed by atoms with van der Waals surface area (Å²) in [5, 5.41) is 2.62. The number of rotatable bonds is 4. The molecule has 2 rings (SSSR count). The Morgan fingerprint density at radius 2 is 2.06 bits per heavy atom. The van der Waals surface area contributed by atoms with E-state index in [1.807, 2.05) is 26.0 Å². The van der Waals surface area contributed by atoms with Gasteiger partial charge in [0.25, 0.3) is 0 Å². The molecule has 1 aromatic rings. The normalized spacial score (nSPS) is 18.7. The van der Waals surface area contributed by atoms with Crippen molar-refractivity contribution in [3.63, 3.8) is 0 Å². The van der Waals surface area contributed by atoms with Crippen LogP contribution in [0.3, 0.4) is 0 Å². The number of cyclic esters (lactones) is 1. The van der Waals surface area contributed by atoms with Gasteiger partial charge in [0.15, 0.2) is 0 Å². The number of alkyl carbamates (subject to hydrolysis) is 1. The molecule has 17 heavy (non-hydrogen) atoms. The molecule has 0 aromatic heterocycles. The van der Waals surface area contributed by atoms with Crippen molar-refractivity contribution < 1.29 is 14.3 Å². The lowest BCUT2D eigenvalue weighted by atomic mass is 10.1. The number of hydrogen-bond donors (Lipinski definition) is 1. The van der Waals surface area contributed by atoms with Gasteiger partial charge in [-0.1, -0.05) is 6.07 Å². The van der Waals surface area contributed by atoms with Crippen molar-refractivity contribution in [2.45, 2.75) is 26.4 Å².